The number of hydrogen-bond acceptors (Lipinski definition) is 8. The Morgan fingerprint density at radius 1 is 1.03 bits per heavy atom. The van der Waals surface area contributed by atoms with E-state index in [0.717, 1.165) is 0 Å². The van der Waals surface area contributed by atoms with Crippen molar-refractivity contribution in [3.05, 3.63) is 82.5 Å². The van der Waals surface area contributed by atoms with Gasteiger partial charge in [-0.2, -0.15) is 5.10 Å². The Bertz CT molecular complexity index is 1450. The Balaban J connectivity index is 0.00000126. The number of non-ortho nitro benzene ring substituents is 1. The molecule has 0 radical (unpaired) electrons. The molecule has 0 atom stereocenters. The summed E-state index contributed by atoms with van der Waals surface area (Å²) in [7, 11) is 0. The van der Waals surface area contributed by atoms with Gasteiger partial charge in [-0.1, -0.05) is 25.4 Å². The summed E-state index contributed by atoms with van der Waals surface area (Å²) in [6.07, 6.45) is 4.58. The summed E-state index contributed by atoms with van der Waals surface area (Å²) in [6.45, 7) is 4.00. The van der Waals surface area contributed by atoms with Gasteiger partial charge in [-0.15, -0.1) is 0 Å². The van der Waals surface area contributed by atoms with E-state index in [-0.39, 0.29) is 5.69 Å². The second kappa shape index (κ2) is 9.45. The normalized spacial score (nSPS) is 10.5. The van der Waals surface area contributed by atoms with Crippen LogP contribution in [0.2, 0.25) is 5.02 Å². The van der Waals surface area contributed by atoms with Gasteiger partial charge in [0.15, 0.2) is 5.65 Å². The number of anilines is 2. The summed E-state index contributed by atoms with van der Waals surface area (Å²) >= 11 is 6.41. The fraction of sp³-hybridized carbons (Fsp3) is 0.0909. The molecule has 11 heteroatoms. The lowest BCUT2D eigenvalue weighted by Crippen LogP contribution is -1.97. The van der Waals surface area contributed by atoms with Crippen molar-refractivity contribution in [2.45, 2.75) is 13.8 Å². The maximum absolute atomic E-state index is 11.1. The Morgan fingerprint density at radius 3 is 2.67 bits per heavy atom. The van der Waals surface area contributed by atoms with Crippen LogP contribution in [0.3, 0.4) is 0 Å². The number of fused-ring (bicyclic) bond motifs is 2. The fourth-order valence-corrected chi connectivity index (χ4v) is 3.26. The van der Waals surface area contributed by atoms with E-state index < -0.39 is 4.92 Å². The second-order valence-electron chi connectivity index (χ2n) is 6.48. The molecule has 0 aliphatic heterocycles. The third kappa shape index (κ3) is 4.65. The van der Waals surface area contributed by atoms with Crippen LogP contribution in [0.25, 0.3) is 16.6 Å². The van der Waals surface area contributed by atoms with Gasteiger partial charge >= 0.3 is 0 Å². The number of benzene rings is 2. The first-order valence-electron chi connectivity index (χ1n) is 10.00. The summed E-state index contributed by atoms with van der Waals surface area (Å²) < 4.78 is 7.49. The highest BCUT2D eigenvalue weighted by Crippen LogP contribution is 2.34. The van der Waals surface area contributed by atoms with Crippen LogP contribution in [-0.2, 0) is 0 Å². The molecular weight excluding hydrogens is 446 g/mol. The van der Waals surface area contributed by atoms with Crippen molar-refractivity contribution in [3.63, 3.8) is 0 Å². The largest absolute Gasteiger partial charge is 0.456 e. The highest BCUT2D eigenvalue weighted by Gasteiger charge is 2.12. The molecule has 2 aromatic carbocycles. The molecule has 0 aliphatic carbocycles. The maximum atomic E-state index is 11.1. The predicted molar refractivity (Wildman–Crippen MR) is 125 cm³/mol. The van der Waals surface area contributed by atoms with Crippen LogP contribution in [-0.4, -0.2) is 29.5 Å². The molecule has 0 fully saturated rings. The summed E-state index contributed by atoms with van der Waals surface area (Å²) in [4.78, 5) is 23.1. The van der Waals surface area contributed by atoms with Crippen LogP contribution in [0.4, 0.5) is 17.2 Å². The fourth-order valence-electron chi connectivity index (χ4n) is 3.04. The number of nitro benzene ring substituents is 1. The number of aromatic nitrogens is 5. The smallest absolute Gasteiger partial charge is 0.270 e. The average molecular weight is 464 g/mol. The number of nitro groups is 1. The molecule has 5 aromatic rings. The summed E-state index contributed by atoms with van der Waals surface area (Å²) in [6, 6.07) is 13.1. The molecule has 0 saturated carbocycles. The Morgan fingerprint density at radius 2 is 1.88 bits per heavy atom. The van der Waals surface area contributed by atoms with E-state index in [4.69, 9.17) is 16.3 Å². The molecule has 0 amide bonds. The van der Waals surface area contributed by atoms with Crippen molar-refractivity contribution in [3.8, 4) is 11.5 Å². The Labute approximate surface area is 193 Å². The van der Waals surface area contributed by atoms with E-state index in [9.17, 15) is 10.1 Å². The zero-order valence-electron chi connectivity index (χ0n) is 17.6. The van der Waals surface area contributed by atoms with Gasteiger partial charge in [0.1, 0.15) is 30.0 Å². The highest BCUT2D eigenvalue weighted by atomic mass is 35.5. The molecule has 0 aliphatic rings. The van der Waals surface area contributed by atoms with Crippen LogP contribution >= 0.6 is 11.6 Å². The molecule has 5 rings (SSSR count). The van der Waals surface area contributed by atoms with E-state index in [2.05, 4.69) is 25.4 Å². The van der Waals surface area contributed by atoms with E-state index in [0.29, 0.717) is 44.6 Å². The van der Waals surface area contributed by atoms with Gasteiger partial charge in [0.25, 0.3) is 5.69 Å². The minimum absolute atomic E-state index is 0.0447. The average Bonchev–Trinajstić information content (AvgIpc) is 3.30. The van der Waals surface area contributed by atoms with E-state index in [1.807, 2.05) is 13.8 Å². The third-order valence-corrected chi connectivity index (χ3v) is 4.80. The predicted octanol–water partition coefficient (Wildman–Crippen LogP) is 5.80. The highest BCUT2D eigenvalue weighted by molar-refractivity contribution is 6.32. The quantitative estimate of drug-likeness (QED) is 0.256. The van der Waals surface area contributed by atoms with Crippen LogP contribution in [0.15, 0.2) is 67.4 Å². The van der Waals surface area contributed by atoms with E-state index in [1.54, 1.807) is 47.1 Å². The van der Waals surface area contributed by atoms with Crippen molar-refractivity contribution in [2.75, 3.05) is 5.32 Å². The van der Waals surface area contributed by atoms with Crippen LogP contribution in [0, 0.1) is 10.1 Å². The van der Waals surface area contributed by atoms with Crippen LogP contribution in [0.5, 0.6) is 11.5 Å². The van der Waals surface area contributed by atoms with Crippen molar-refractivity contribution >= 4 is 45.3 Å². The zero-order valence-corrected chi connectivity index (χ0v) is 18.4. The SMILES string of the molecule is CC.O=[N+]([O-])c1ccc2ncnc(Nc3ccc(Oc4ccn5ncnc5c4)c(Cl)c3)c2c1. The van der Waals surface area contributed by atoms with Gasteiger partial charge in [-0.25, -0.2) is 19.5 Å². The van der Waals surface area contributed by atoms with Gasteiger partial charge in [0.2, 0.25) is 0 Å². The summed E-state index contributed by atoms with van der Waals surface area (Å²) in [5, 5.41) is 19.2. The van der Waals surface area contributed by atoms with E-state index in [1.165, 1.54) is 24.8 Å². The molecule has 0 saturated heterocycles. The molecular formula is C22H18ClN7O3. The number of nitrogens with zero attached hydrogens (tertiary/aromatic N) is 6. The molecule has 3 aromatic heterocycles. The molecule has 33 heavy (non-hydrogen) atoms. The van der Waals surface area contributed by atoms with Gasteiger partial charge in [-0.3, -0.25) is 10.1 Å². The summed E-state index contributed by atoms with van der Waals surface area (Å²) in [5.41, 5.74) is 1.82. The first kappa shape index (κ1) is 21.9. The maximum Gasteiger partial charge on any atom is 0.270 e. The van der Waals surface area contributed by atoms with Crippen molar-refractivity contribution < 1.29 is 9.66 Å². The molecule has 0 spiro atoms. The van der Waals surface area contributed by atoms with Gasteiger partial charge in [0, 0.05) is 35.5 Å². The summed E-state index contributed by atoms with van der Waals surface area (Å²) in [5.74, 6) is 1.45. The Kier molecular flexibility index (Phi) is 6.27. The third-order valence-electron chi connectivity index (χ3n) is 4.50. The van der Waals surface area contributed by atoms with Crippen LogP contribution in [0.1, 0.15) is 13.8 Å². The number of halogens is 1. The standard InChI is InChI=1S/C20H12ClN7O3.C2H6/c21-16-7-12(1-4-18(16)31-14-5-6-27-19(9-14)23-11-25-27)26-20-15-8-13(28(29)30)2-3-17(15)22-10-24-20;1-2/h1-11H,(H,22,24,26);1-2H3. The molecule has 0 bridgehead atoms. The number of ether oxygens (including phenoxy) is 1. The van der Waals surface area contributed by atoms with E-state index >= 15 is 0 Å². The lowest BCUT2D eigenvalue weighted by molar-refractivity contribution is -0.384. The first-order chi connectivity index (χ1) is 16.1. The van der Waals surface area contributed by atoms with Crippen molar-refractivity contribution in [1.82, 2.24) is 24.6 Å². The number of pyridine rings is 1. The minimum atomic E-state index is -0.462. The van der Waals surface area contributed by atoms with Gasteiger partial charge in [0.05, 0.1) is 15.5 Å². The minimum Gasteiger partial charge on any atom is -0.456 e. The number of nitrogens with one attached hydrogen (secondary N) is 1. The van der Waals surface area contributed by atoms with Crippen molar-refractivity contribution in [1.29, 1.82) is 0 Å². The Hall–Kier alpha value is -4.31. The topological polar surface area (TPSA) is 120 Å². The second-order valence-corrected chi connectivity index (χ2v) is 6.89. The molecule has 0 unspecified atom stereocenters. The molecule has 10 nitrogen and oxygen atoms in total. The number of hydrogen-bond donors (Lipinski definition) is 1. The monoisotopic (exact) mass is 463 g/mol. The first-order valence-corrected chi connectivity index (χ1v) is 10.4. The van der Waals surface area contributed by atoms with Crippen molar-refractivity contribution in [2.24, 2.45) is 0 Å². The molecule has 166 valence electrons. The van der Waals surface area contributed by atoms with Gasteiger partial charge in [-0.05, 0) is 30.3 Å². The lowest BCUT2D eigenvalue weighted by Gasteiger charge is -2.11. The number of rotatable bonds is 5. The lowest BCUT2D eigenvalue weighted by atomic mass is 10.2. The van der Waals surface area contributed by atoms with Crippen LogP contribution < -0.4 is 10.1 Å². The zero-order chi connectivity index (χ0) is 23.4. The molecule has 3 heterocycles. The van der Waals surface area contributed by atoms with Gasteiger partial charge < -0.3 is 10.1 Å². The molecule has 1 N–H and O–H groups in total.